The van der Waals surface area contributed by atoms with Gasteiger partial charge in [-0.25, -0.2) is 9.97 Å². The molecule has 25 heavy (non-hydrogen) atoms. The number of nitrogens with zero attached hydrogens (tertiary/aromatic N) is 3. The number of carbonyl (C=O) groups is 1. The Morgan fingerprint density at radius 2 is 2.04 bits per heavy atom. The molecule has 3 rings (SSSR count). The standard InChI is InChI=1S/C19H25N5O/c1-13(2)22-16(25)10-4-3-7-11-24-12-21-17-18(24)14-8-5-6-9-15(14)23-19(17)20/h5-6,8-9,12-13H,3-4,7,10-11H2,1-2H3,(H2,20,23)(H,22,25). The van der Waals surface area contributed by atoms with Gasteiger partial charge in [0.15, 0.2) is 5.82 Å². The van der Waals surface area contributed by atoms with Crippen LogP contribution in [0.4, 0.5) is 5.82 Å². The molecule has 6 heteroatoms. The van der Waals surface area contributed by atoms with Crippen molar-refractivity contribution in [1.29, 1.82) is 0 Å². The van der Waals surface area contributed by atoms with Gasteiger partial charge in [0.25, 0.3) is 0 Å². The van der Waals surface area contributed by atoms with Crippen LogP contribution in [-0.4, -0.2) is 26.5 Å². The molecule has 0 unspecified atom stereocenters. The number of hydrogen-bond acceptors (Lipinski definition) is 4. The summed E-state index contributed by atoms with van der Waals surface area (Å²) in [7, 11) is 0. The molecular weight excluding hydrogens is 314 g/mol. The molecule has 0 atom stereocenters. The predicted octanol–water partition coefficient (Wildman–Crippen LogP) is 3.25. The van der Waals surface area contributed by atoms with Crippen molar-refractivity contribution in [3.63, 3.8) is 0 Å². The molecule has 0 saturated carbocycles. The number of anilines is 1. The lowest BCUT2D eigenvalue weighted by atomic mass is 10.1. The zero-order valence-corrected chi connectivity index (χ0v) is 14.8. The highest BCUT2D eigenvalue weighted by Gasteiger charge is 2.11. The maximum absolute atomic E-state index is 11.7. The highest BCUT2D eigenvalue weighted by molar-refractivity contribution is 6.06. The van der Waals surface area contributed by atoms with E-state index in [4.69, 9.17) is 5.73 Å². The molecule has 3 N–H and O–H groups in total. The molecule has 132 valence electrons. The average Bonchev–Trinajstić information content (AvgIpc) is 2.99. The van der Waals surface area contributed by atoms with E-state index in [9.17, 15) is 4.79 Å². The molecule has 2 aromatic heterocycles. The molecule has 6 nitrogen and oxygen atoms in total. The molecule has 1 aromatic carbocycles. The van der Waals surface area contributed by atoms with Crippen LogP contribution in [0.5, 0.6) is 0 Å². The maximum Gasteiger partial charge on any atom is 0.220 e. The van der Waals surface area contributed by atoms with Crippen LogP contribution in [0.2, 0.25) is 0 Å². The fraction of sp³-hybridized carbons (Fsp3) is 0.421. The smallest absolute Gasteiger partial charge is 0.220 e. The van der Waals surface area contributed by atoms with Crippen molar-refractivity contribution in [2.75, 3.05) is 5.73 Å². The van der Waals surface area contributed by atoms with Crippen molar-refractivity contribution in [3.8, 4) is 0 Å². The minimum Gasteiger partial charge on any atom is -0.382 e. The Morgan fingerprint density at radius 3 is 2.84 bits per heavy atom. The fourth-order valence-corrected chi connectivity index (χ4v) is 3.11. The van der Waals surface area contributed by atoms with E-state index in [1.165, 1.54) is 0 Å². The van der Waals surface area contributed by atoms with E-state index in [-0.39, 0.29) is 11.9 Å². The number of nitrogens with two attached hydrogens (primary N) is 1. The Bertz CT molecular complexity index is 884. The van der Waals surface area contributed by atoms with Crippen LogP contribution in [0.15, 0.2) is 30.6 Å². The molecule has 0 fully saturated rings. The van der Waals surface area contributed by atoms with Gasteiger partial charge in [-0.2, -0.15) is 0 Å². The van der Waals surface area contributed by atoms with E-state index in [0.717, 1.165) is 47.7 Å². The second kappa shape index (κ2) is 7.51. The SMILES string of the molecule is CC(C)NC(=O)CCCCCn1cnc2c(N)nc3ccccc3c21. The Hall–Kier alpha value is -2.63. The summed E-state index contributed by atoms with van der Waals surface area (Å²) in [6, 6.07) is 8.19. The van der Waals surface area contributed by atoms with Crippen LogP contribution in [0.3, 0.4) is 0 Å². The lowest BCUT2D eigenvalue weighted by Gasteiger charge is -2.09. The van der Waals surface area contributed by atoms with Crippen molar-refractivity contribution in [3.05, 3.63) is 30.6 Å². The molecule has 0 aliphatic heterocycles. The van der Waals surface area contributed by atoms with Crippen molar-refractivity contribution in [2.24, 2.45) is 0 Å². The number of unbranched alkanes of at least 4 members (excludes halogenated alkanes) is 2. The van der Waals surface area contributed by atoms with Gasteiger partial charge in [-0.05, 0) is 32.8 Å². The van der Waals surface area contributed by atoms with Crippen LogP contribution in [0.25, 0.3) is 21.9 Å². The minimum atomic E-state index is 0.132. The first-order valence-electron chi connectivity index (χ1n) is 8.84. The monoisotopic (exact) mass is 339 g/mol. The summed E-state index contributed by atoms with van der Waals surface area (Å²) in [6.45, 7) is 4.82. The van der Waals surface area contributed by atoms with Crippen molar-refractivity contribution >= 4 is 33.7 Å². The number of carbonyl (C=O) groups excluding carboxylic acids is 1. The first-order chi connectivity index (χ1) is 12.1. The predicted molar refractivity (Wildman–Crippen MR) is 101 cm³/mol. The van der Waals surface area contributed by atoms with Gasteiger partial charge < -0.3 is 15.6 Å². The molecule has 0 bridgehead atoms. The quantitative estimate of drug-likeness (QED) is 0.647. The molecule has 0 spiro atoms. The summed E-state index contributed by atoms with van der Waals surface area (Å²) in [5.74, 6) is 0.603. The molecule has 0 aliphatic rings. The molecule has 0 radical (unpaired) electrons. The zero-order valence-electron chi connectivity index (χ0n) is 14.8. The molecule has 0 aliphatic carbocycles. The van der Waals surface area contributed by atoms with E-state index < -0.39 is 0 Å². The third-order valence-corrected chi connectivity index (χ3v) is 4.23. The molecule has 1 amide bonds. The van der Waals surface area contributed by atoms with Crippen LogP contribution in [-0.2, 0) is 11.3 Å². The highest BCUT2D eigenvalue weighted by Crippen LogP contribution is 2.27. The van der Waals surface area contributed by atoms with Crippen molar-refractivity contribution < 1.29 is 4.79 Å². The lowest BCUT2D eigenvalue weighted by Crippen LogP contribution is -2.29. The normalized spacial score (nSPS) is 11.5. The van der Waals surface area contributed by atoms with Gasteiger partial charge in [0.1, 0.15) is 5.52 Å². The van der Waals surface area contributed by atoms with Crippen LogP contribution in [0, 0.1) is 0 Å². The number of pyridine rings is 1. The number of fused-ring (bicyclic) bond motifs is 3. The second-order valence-corrected chi connectivity index (χ2v) is 6.68. The summed E-state index contributed by atoms with van der Waals surface area (Å²) in [6.07, 6.45) is 5.32. The van der Waals surface area contributed by atoms with E-state index >= 15 is 0 Å². The minimum absolute atomic E-state index is 0.132. The van der Waals surface area contributed by atoms with Crippen molar-refractivity contribution in [2.45, 2.75) is 52.1 Å². The second-order valence-electron chi connectivity index (χ2n) is 6.68. The van der Waals surface area contributed by atoms with Gasteiger partial charge in [-0.15, -0.1) is 0 Å². The number of nitrogens with one attached hydrogen (secondary N) is 1. The number of nitrogen functional groups attached to an aromatic ring is 1. The molecule has 2 heterocycles. The first kappa shape index (κ1) is 17.2. The number of imidazole rings is 1. The lowest BCUT2D eigenvalue weighted by molar-refractivity contribution is -0.121. The first-order valence-corrected chi connectivity index (χ1v) is 8.84. The van der Waals surface area contributed by atoms with Gasteiger partial charge in [0.05, 0.1) is 17.4 Å². The summed E-state index contributed by atoms with van der Waals surface area (Å²) in [5, 5.41) is 3.99. The van der Waals surface area contributed by atoms with Crippen LogP contribution < -0.4 is 11.1 Å². The Balaban J connectivity index is 1.66. The summed E-state index contributed by atoms with van der Waals surface area (Å²) < 4.78 is 2.14. The number of aryl methyl sites for hydroxylation is 1. The zero-order chi connectivity index (χ0) is 17.8. The highest BCUT2D eigenvalue weighted by atomic mass is 16.1. The number of hydrogen-bond donors (Lipinski definition) is 2. The fourth-order valence-electron chi connectivity index (χ4n) is 3.11. The molecular formula is C19H25N5O. The van der Waals surface area contributed by atoms with E-state index in [1.54, 1.807) is 0 Å². The summed E-state index contributed by atoms with van der Waals surface area (Å²) >= 11 is 0. The van der Waals surface area contributed by atoms with Gasteiger partial charge in [0, 0.05) is 24.4 Å². The topological polar surface area (TPSA) is 85.8 Å². The third kappa shape index (κ3) is 3.90. The third-order valence-electron chi connectivity index (χ3n) is 4.23. The van der Waals surface area contributed by atoms with E-state index in [1.807, 2.05) is 38.4 Å². The average molecular weight is 339 g/mol. The molecule has 3 aromatic rings. The van der Waals surface area contributed by atoms with E-state index in [2.05, 4.69) is 25.9 Å². The number of benzene rings is 1. The van der Waals surface area contributed by atoms with Crippen molar-refractivity contribution in [1.82, 2.24) is 19.9 Å². The van der Waals surface area contributed by atoms with Gasteiger partial charge in [0.2, 0.25) is 5.91 Å². The van der Waals surface area contributed by atoms with Crippen LogP contribution in [0.1, 0.15) is 39.5 Å². The van der Waals surface area contributed by atoms with Gasteiger partial charge in [-0.3, -0.25) is 4.79 Å². The maximum atomic E-state index is 11.7. The number of para-hydroxylation sites is 1. The van der Waals surface area contributed by atoms with Crippen LogP contribution >= 0.6 is 0 Å². The van der Waals surface area contributed by atoms with Gasteiger partial charge in [-0.1, -0.05) is 24.6 Å². The summed E-state index contributed by atoms with van der Waals surface area (Å²) in [4.78, 5) is 20.5. The Kier molecular flexibility index (Phi) is 5.16. The largest absolute Gasteiger partial charge is 0.382 e. The number of rotatable bonds is 7. The Labute approximate surface area is 147 Å². The molecule has 0 saturated heterocycles. The van der Waals surface area contributed by atoms with E-state index in [0.29, 0.717) is 12.2 Å². The number of aromatic nitrogens is 3. The Morgan fingerprint density at radius 1 is 1.24 bits per heavy atom. The summed E-state index contributed by atoms with van der Waals surface area (Å²) in [5.41, 5.74) is 8.74. The van der Waals surface area contributed by atoms with Gasteiger partial charge >= 0.3 is 0 Å². The number of amides is 1.